The summed E-state index contributed by atoms with van der Waals surface area (Å²) in [6.07, 6.45) is 1.57. The zero-order valence-corrected chi connectivity index (χ0v) is 16.5. The third-order valence-corrected chi connectivity index (χ3v) is 4.42. The van der Waals surface area contributed by atoms with E-state index in [-0.39, 0.29) is 17.0 Å². The lowest BCUT2D eigenvalue weighted by molar-refractivity contribution is 0.355. The van der Waals surface area contributed by atoms with Crippen molar-refractivity contribution in [2.45, 2.75) is 0 Å². The molecule has 0 aliphatic heterocycles. The van der Waals surface area contributed by atoms with Gasteiger partial charge in [0.2, 0.25) is 11.3 Å². The fourth-order valence-corrected chi connectivity index (χ4v) is 2.85. The average molecular weight is 406 g/mol. The summed E-state index contributed by atoms with van der Waals surface area (Å²) in [5, 5.41) is 8.33. The van der Waals surface area contributed by atoms with Crippen LogP contribution in [-0.4, -0.2) is 41.3 Å². The van der Waals surface area contributed by atoms with Crippen molar-refractivity contribution in [1.82, 2.24) is 19.9 Å². The maximum absolute atomic E-state index is 12.4. The van der Waals surface area contributed by atoms with Crippen LogP contribution in [0.25, 0.3) is 28.7 Å². The lowest BCUT2D eigenvalue weighted by Crippen LogP contribution is -2.12. The van der Waals surface area contributed by atoms with E-state index in [1.807, 2.05) is 12.1 Å². The Labute approximate surface area is 171 Å². The third kappa shape index (κ3) is 3.60. The van der Waals surface area contributed by atoms with Crippen LogP contribution in [0.1, 0.15) is 0 Å². The number of methoxy groups -OCH3 is 3. The van der Waals surface area contributed by atoms with Crippen LogP contribution in [0.5, 0.6) is 17.2 Å². The molecule has 0 aliphatic carbocycles. The summed E-state index contributed by atoms with van der Waals surface area (Å²) in [5.41, 5.74) is 1.11. The summed E-state index contributed by atoms with van der Waals surface area (Å²) in [7, 11) is 4.69. The minimum absolute atomic E-state index is 0.0210. The summed E-state index contributed by atoms with van der Waals surface area (Å²) in [5.74, 6) is 2.15. The van der Waals surface area contributed by atoms with Crippen LogP contribution >= 0.6 is 0 Å². The Bertz CT molecular complexity index is 1230. The van der Waals surface area contributed by atoms with Crippen LogP contribution < -0.4 is 19.6 Å². The molecule has 30 heavy (non-hydrogen) atoms. The van der Waals surface area contributed by atoms with E-state index in [2.05, 4.69) is 15.2 Å². The predicted molar refractivity (Wildman–Crippen MR) is 108 cm³/mol. The summed E-state index contributed by atoms with van der Waals surface area (Å²) in [6, 6.07) is 13.9. The molecule has 0 atom stereocenters. The van der Waals surface area contributed by atoms with Gasteiger partial charge in [-0.1, -0.05) is 5.16 Å². The Morgan fingerprint density at radius 3 is 2.37 bits per heavy atom. The van der Waals surface area contributed by atoms with Gasteiger partial charge in [0.25, 0.3) is 5.89 Å². The number of benzene rings is 2. The topological polar surface area (TPSA) is 102 Å². The van der Waals surface area contributed by atoms with Crippen molar-refractivity contribution < 1.29 is 18.7 Å². The Morgan fingerprint density at radius 1 is 0.900 bits per heavy atom. The van der Waals surface area contributed by atoms with Crippen LogP contribution in [0.15, 0.2) is 64.0 Å². The number of nitrogens with zero attached hydrogens (tertiary/aromatic N) is 4. The van der Waals surface area contributed by atoms with Crippen molar-refractivity contribution >= 4 is 0 Å². The minimum Gasteiger partial charge on any atom is -0.497 e. The van der Waals surface area contributed by atoms with Gasteiger partial charge in [-0.25, -0.2) is 4.68 Å². The molecule has 9 nitrogen and oxygen atoms in total. The van der Waals surface area contributed by atoms with Gasteiger partial charge in [-0.2, -0.15) is 10.1 Å². The van der Waals surface area contributed by atoms with E-state index in [9.17, 15) is 4.79 Å². The molecule has 0 unspecified atom stereocenters. The lowest BCUT2D eigenvalue weighted by atomic mass is 10.2. The molecule has 2 aromatic heterocycles. The van der Waals surface area contributed by atoms with Gasteiger partial charge < -0.3 is 18.7 Å². The van der Waals surface area contributed by atoms with Crippen molar-refractivity contribution in [2.24, 2.45) is 0 Å². The van der Waals surface area contributed by atoms with E-state index in [0.29, 0.717) is 22.9 Å². The van der Waals surface area contributed by atoms with Crippen LogP contribution in [0.3, 0.4) is 0 Å². The molecule has 0 saturated carbocycles. The second-order valence-electron chi connectivity index (χ2n) is 6.16. The molecule has 152 valence electrons. The highest BCUT2D eigenvalue weighted by molar-refractivity contribution is 5.62. The van der Waals surface area contributed by atoms with Crippen LogP contribution in [0.4, 0.5) is 0 Å². The molecule has 9 heteroatoms. The van der Waals surface area contributed by atoms with Gasteiger partial charge in [0.05, 0.1) is 27.0 Å². The maximum atomic E-state index is 12.4. The second kappa shape index (κ2) is 8.08. The van der Waals surface area contributed by atoms with Gasteiger partial charge in [-0.3, -0.25) is 4.79 Å². The number of hydrogen-bond acceptors (Lipinski definition) is 8. The molecular formula is C21H18N4O5. The molecule has 0 radical (unpaired) electrons. The second-order valence-corrected chi connectivity index (χ2v) is 6.16. The Balaban J connectivity index is 1.70. The predicted octanol–water partition coefficient (Wildman–Crippen LogP) is 2.98. The van der Waals surface area contributed by atoms with Crippen LogP contribution in [0, 0.1) is 0 Å². The number of hydrogen-bond donors (Lipinski definition) is 0. The van der Waals surface area contributed by atoms with Crippen LogP contribution in [-0.2, 0) is 0 Å². The van der Waals surface area contributed by atoms with E-state index in [1.165, 1.54) is 6.07 Å². The monoisotopic (exact) mass is 406 g/mol. The first-order chi connectivity index (χ1) is 14.6. The van der Waals surface area contributed by atoms with Crippen molar-refractivity contribution in [2.75, 3.05) is 21.3 Å². The molecule has 0 saturated heterocycles. The molecule has 2 aromatic carbocycles. The zero-order chi connectivity index (χ0) is 21.1. The molecule has 4 aromatic rings. The summed E-state index contributed by atoms with van der Waals surface area (Å²) in [4.78, 5) is 16.7. The Kier molecular flexibility index (Phi) is 5.17. The third-order valence-electron chi connectivity index (χ3n) is 4.42. The van der Waals surface area contributed by atoms with E-state index < -0.39 is 0 Å². The van der Waals surface area contributed by atoms with E-state index in [1.54, 1.807) is 62.5 Å². The van der Waals surface area contributed by atoms with Crippen molar-refractivity contribution in [3.8, 4) is 45.9 Å². The molecular weight excluding hydrogens is 388 g/mol. The van der Waals surface area contributed by atoms with E-state index >= 15 is 0 Å². The van der Waals surface area contributed by atoms with Crippen molar-refractivity contribution in [3.05, 3.63) is 65.0 Å². The summed E-state index contributed by atoms with van der Waals surface area (Å²) >= 11 is 0. The molecule has 0 aliphatic rings. The standard InChI is InChI=1S/C21H18N4O5/c1-27-15-7-5-14(6-8-15)25-11-10-16(26)19(23-25)21-22-20(24-30-21)13-4-9-17(28-2)18(12-13)29-3/h4-12H,1-3H3. The number of ether oxygens (including phenoxy) is 3. The highest BCUT2D eigenvalue weighted by atomic mass is 16.5. The highest BCUT2D eigenvalue weighted by Crippen LogP contribution is 2.31. The first-order valence-corrected chi connectivity index (χ1v) is 8.94. The summed E-state index contributed by atoms with van der Waals surface area (Å²) < 4.78 is 22.6. The van der Waals surface area contributed by atoms with Gasteiger partial charge in [0, 0.05) is 17.8 Å². The molecule has 0 amide bonds. The largest absolute Gasteiger partial charge is 0.497 e. The number of aromatic nitrogens is 4. The first-order valence-electron chi connectivity index (χ1n) is 8.94. The van der Waals surface area contributed by atoms with Gasteiger partial charge >= 0.3 is 0 Å². The lowest BCUT2D eigenvalue weighted by Gasteiger charge is -2.07. The van der Waals surface area contributed by atoms with Gasteiger partial charge in [0.1, 0.15) is 5.75 Å². The normalized spacial score (nSPS) is 10.6. The fraction of sp³-hybridized carbons (Fsp3) is 0.143. The molecule has 0 bridgehead atoms. The zero-order valence-electron chi connectivity index (χ0n) is 16.5. The Hall–Kier alpha value is -4.14. The smallest absolute Gasteiger partial charge is 0.282 e. The molecule has 2 heterocycles. The average Bonchev–Trinajstić information content (AvgIpc) is 3.29. The summed E-state index contributed by atoms with van der Waals surface area (Å²) in [6.45, 7) is 0. The molecule has 0 spiro atoms. The molecule has 0 fully saturated rings. The fourth-order valence-electron chi connectivity index (χ4n) is 2.85. The van der Waals surface area contributed by atoms with Crippen molar-refractivity contribution in [1.29, 1.82) is 0 Å². The van der Waals surface area contributed by atoms with E-state index in [4.69, 9.17) is 18.7 Å². The van der Waals surface area contributed by atoms with Crippen LogP contribution in [0.2, 0.25) is 0 Å². The first kappa shape index (κ1) is 19.2. The van der Waals surface area contributed by atoms with Gasteiger partial charge in [-0.05, 0) is 42.5 Å². The Morgan fingerprint density at radius 2 is 1.67 bits per heavy atom. The van der Waals surface area contributed by atoms with Gasteiger partial charge in [-0.15, -0.1) is 0 Å². The molecule has 0 N–H and O–H groups in total. The number of rotatable bonds is 6. The van der Waals surface area contributed by atoms with Gasteiger partial charge in [0.15, 0.2) is 17.2 Å². The quantitative estimate of drug-likeness (QED) is 0.482. The van der Waals surface area contributed by atoms with E-state index in [0.717, 1.165) is 11.4 Å². The van der Waals surface area contributed by atoms with Crippen molar-refractivity contribution in [3.63, 3.8) is 0 Å². The minimum atomic E-state index is -0.331. The SMILES string of the molecule is COc1ccc(-n2ccc(=O)c(-c3nc(-c4ccc(OC)c(OC)c4)no3)n2)cc1. The maximum Gasteiger partial charge on any atom is 0.282 e. The molecule has 4 rings (SSSR count). The highest BCUT2D eigenvalue weighted by Gasteiger charge is 2.17.